The van der Waals surface area contributed by atoms with Gasteiger partial charge < -0.3 is 15.0 Å². The van der Waals surface area contributed by atoms with Gasteiger partial charge in [-0.25, -0.2) is 4.79 Å². The first-order valence-corrected chi connectivity index (χ1v) is 9.56. The van der Waals surface area contributed by atoms with E-state index in [1.165, 1.54) is 5.56 Å². The van der Waals surface area contributed by atoms with Crippen molar-refractivity contribution >= 4 is 23.6 Å². The van der Waals surface area contributed by atoms with Crippen LogP contribution in [-0.4, -0.2) is 42.1 Å². The number of nitrogens with zero attached hydrogens (tertiary/aromatic N) is 1. The van der Waals surface area contributed by atoms with Gasteiger partial charge in [-0.05, 0) is 56.7 Å². The largest absolute Gasteiger partial charge is 0.444 e. The first kappa shape index (κ1) is 19.0. The summed E-state index contributed by atoms with van der Waals surface area (Å²) < 4.78 is 5.49. The molecular formula is C20H27ClN2O3. The Balaban J connectivity index is 1.75. The number of carbonyl (C=O) groups excluding carboxylic acids is 2. The van der Waals surface area contributed by atoms with E-state index in [1.807, 2.05) is 45.0 Å². The van der Waals surface area contributed by atoms with Gasteiger partial charge in [-0.15, -0.1) is 0 Å². The van der Waals surface area contributed by atoms with E-state index in [4.69, 9.17) is 16.3 Å². The molecule has 1 atom stereocenters. The van der Waals surface area contributed by atoms with Crippen LogP contribution in [0.15, 0.2) is 24.3 Å². The van der Waals surface area contributed by atoms with E-state index in [9.17, 15) is 9.59 Å². The van der Waals surface area contributed by atoms with Crippen LogP contribution >= 0.6 is 11.6 Å². The zero-order chi connectivity index (χ0) is 18.9. The third-order valence-corrected chi connectivity index (χ3v) is 5.69. The number of ether oxygens (including phenoxy) is 1. The van der Waals surface area contributed by atoms with Crippen LogP contribution < -0.4 is 5.32 Å². The van der Waals surface area contributed by atoms with Crippen molar-refractivity contribution in [2.45, 2.75) is 51.6 Å². The maximum Gasteiger partial charge on any atom is 0.410 e. The van der Waals surface area contributed by atoms with Gasteiger partial charge in [0.2, 0.25) is 5.91 Å². The van der Waals surface area contributed by atoms with Gasteiger partial charge in [0.25, 0.3) is 0 Å². The highest BCUT2D eigenvalue weighted by molar-refractivity contribution is 6.30. The Kier molecular flexibility index (Phi) is 5.20. The number of hydrogen-bond donors (Lipinski definition) is 1. The molecule has 2 amide bonds. The molecular weight excluding hydrogens is 352 g/mol. The van der Waals surface area contributed by atoms with Crippen LogP contribution in [-0.2, 0) is 9.53 Å². The van der Waals surface area contributed by atoms with Crippen molar-refractivity contribution in [3.05, 3.63) is 34.9 Å². The van der Waals surface area contributed by atoms with E-state index in [1.54, 1.807) is 4.90 Å². The fourth-order valence-corrected chi connectivity index (χ4v) is 4.22. The summed E-state index contributed by atoms with van der Waals surface area (Å²) in [5, 5.41) is 3.72. The molecule has 1 aromatic carbocycles. The molecule has 1 unspecified atom stereocenters. The Bertz CT molecular complexity index is 673. The lowest BCUT2D eigenvalue weighted by Gasteiger charge is -2.49. The quantitative estimate of drug-likeness (QED) is 0.804. The number of hydrogen-bond acceptors (Lipinski definition) is 3. The first-order valence-electron chi connectivity index (χ1n) is 9.19. The topological polar surface area (TPSA) is 58.6 Å². The third-order valence-electron chi connectivity index (χ3n) is 5.44. The minimum Gasteiger partial charge on any atom is -0.444 e. The van der Waals surface area contributed by atoms with Gasteiger partial charge in [0, 0.05) is 37.0 Å². The van der Waals surface area contributed by atoms with Crippen LogP contribution in [0.3, 0.4) is 0 Å². The van der Waals surface area contributed by atoms with Crippen LogP contribution in [0.4, 0.5) is 4.79 Å². The Labute approximate surface area is 160 Å². The molecule has 2 fully saturated rings. The molecule has 2 heterocycles. The lowest BCUT2D eigenvalue weighted by molar-refractivity contribution is -0.128. The number of halogens is 1. The smallest absolute Gasteiger partial charge is 0.410 e. The van der Waals surface area contributed by atoms with Crippen molar-refractivity contribution < 1.29 is 14.3 Å². The van der Waals surface area contributed by atoms with Crippen LogP contribution in [0, 0.1) is 5.41 Å². The molecule has 0 radical (unpaired) electrons. The Morgan fingerprint density at radius 3 is 2.42 bits per heavy atom. The van der Waals surface area contributed by atoms with E-state index in [0.29, 0.717) is 31.1 Å². The van der Waals surface area contributed by atoms with Gasteiger partial charge in [-0.1, -0.05) is 23.7 Å². The highest BCUT2D eigenvalue weighted by Gasteiger charge is 2.47. The number of likely N-dealkylation sites (tertiary alicyclic amines) is 1. The molecule has 6 heteroatoms. The molecule has 0 saturated carbocycles. The molecule has 0 aliphatic carbocycles. The summed E-state index contributed by atoms with van der Waals surface area (Å²) in [6, 6.07) is 7.90. The summed E-state index contributed by atoms with van der Waals surface area (Å²) >= 11 is 6.03. The van der Waals surface area contributed by atoms with E-state index < -0.39 is 5.60 Å². The molecule has 0 bridgehead atoms. The monoisotopic (exact) mass is 378 g/mol. The predicted molar refractivity (Wildman–Crippen MR) is 101 cm³/mol. The zero-order valence-corrected chi connectivity index (χ0v) is 16.4. The summed E-state index contributed by atoms with van der Waals surface area (Å²) in [5.41, 5.74) is 0.581. The Morgan fingerprint density at radius 2 is 1.85 bits per heavy atom. The molecule has 1 spiro atoms. The SMILES string of the molecule is CC(C)(C)OC(=O)N1CCC2(CC1)CC(=O)NCC2c1ccc(Cl)cc1. The van der Waals surface area contributed by atoms with Crippen LogP contribution in [0.1, 0.15) is 51.5 Å². The van der Waals surface area contributed by atoms with Crippen LogP contribution in [0.25, 0.3) is 0 Å². The fourth-order valence-electron chi connectivity index (χ4n) is 4.09. The second-order valence-electron chi connectivity index (χ2n) is 8.41. The molecule has 2 aliphatic rings. The maximum atomic E-state index is 12.3. The maximum absolute atomic E-state index is 12.3. The van der Waals surface area contributed by atoms with Crippen molar-refractivity contribution in [3.63, 3.8) is 0 Å². The normalized spacial score (nSPS) is 22.8. The number of amides is 2. The summed E-state index contributed by atoms with van der Waals surface area (Å²) in [5.74, 6) is 0.333. The first-order chi connectivity index (χ1) is 12.2. The van der Waals surface area contributed by atoms with Gasteiger partial charge in [-0.3, -0.25) is 4.79 Å². The second-order valence-corrected chi connectivity index (χ2v) is 8.85. The van der Waals surface area contributed by atoms with E-state index in [0.717, 1.165) is 12.8 Å². The van der Waals surface area contributed by atoms with Gasteiger partial charge in [0.1, 0.15) is 5.60 Å². The van der Waals surface area contributed by atoms with Crippen molar-refractivity contribution in [1.29, 1.82) is 0 Å². The molecule has 0 aromatic heterocycles. The average molecular weight is 379 g/mol. The van der Waals surface area contributed by atoms with Crippen molar-refractivity contribution in [2.75, 3.05) is 19.6 Å². The van der Waals surface area contributed by atoms with E-state index in [-0.39, 0.29) is 23.3 Å². The van der Waals surface area contributed by atoms with Crippen molar-refractivity contribution in [2.24, 2.45) is 5.41 Å². The highest BCUT2D eigenvalue weighted by Crippen LogP contribution is 2.49. The molecule has 2 saturated heterocycles. The number of piperidine rings is 2. The molecule has 26 heavy (non-hydrogen) atoms. The van der Waals surface area contributed by atoms with Gasteiger partial charge >= 0.3 is 6.09 Å². The number of rotatable bonds is 1. The number of carbonyl (C=O) groups is 2. The zero-order valence-electron chi connectivity index (χ0n) is 15.7. The molecule has 1 aromatic rings. The lowest BCUT2D eigenvalue weighted by atomic mass is 9.62. The van der Waals surface area contributed by atoms with Crippen LogP contribution in [0.2, 0.25) is 5.02 Å². The van der Waals surface area contributed by atoms with Gasteiger partial charge in [-0.2, -0.15) is 0 Å². The van der Waals surface area contributed by atoms with Crippen molar-refractivity contribution in [3.8, 4) is 0 Å². The standard InChI is InChI=1S/C20H27ClN2O3/c1-19(2,3)26-18(25)23-10-8-20(9-11-23)12-17(24)22-13-16(20)14-4-6-15(21)7-5-14/h4-7,16H,8-13H2,1-3H3,(H,22,24). The van der Waals surface area contributed by atoms with E-state index in [2.05, 4.69) is 5.32 Å². The fraction of sp³-hybridized carbons (Fsp3) is 0.600. The molecule has 2 aliphatic heterocycles. The van der Waals surface area contributed by atoms with Crippen molar-refractivity contribution in [1.82, 2.24) is 10.2 Å². The third kappa shape index (κ3) is 4.14. The Hall–Kier alpha value is -1.75. The molecule has 5 nitrogen and oxygen atoms in total. The second kappa shape index (κ2) is 7.10. The highest BCUT2D eigenvalue weighted by atomic mass is 35.5. The minimum absolute atomic E-state index is 0.0981. The summed E-state index contributed by atoms with van der Waals surface area (Å²) in [4.78, 5) is 26.2. The summed E-state index contributed by atoms with van der Waals surface area (Å²) in [6.07, 6.45) is 1.83. The number of nitrogens with one attached hydrogen (secondary N) is 1. The Morgan fingerprint density at radius 1 is 1.23 bits per heavy atom. The van der Waals surface area contributed by atoms with E-state index >= 15 is 0 Å². The number of benzene rings is 1. The predicted octanol–water partition coefficient (Wildman–Crippen LogP) is 3.96. The summed E-state index contributed by atoms with van der Waals surface area (Å²) in [6.45, 7) is 7.49. The lowest BCUT2D eigenvalue weighted by Crippen LogP contribution is -2.53. The molecule has 142 valence electrons. The van der Waals surface area contributed by atoms with Gasteiger partial charge in [0.15, 0.2) is 0 Å². The van der Waals surface area contributed by atoms with Gasteiger partial charge in [0.05, 0.1) is 0 Å². The minimum atomic E-state index is -0.497. The summed E-state index contributed by atoms with van der Waals surface area (Å²) in [7, 11) is 0. The average Bonchev–Trinajstić information content (AvgIpc) is 2.55. The molecule has 1 N–H and O–H groups in total. The molecule has 3 rings (SSSR count). The van der Waals surface area contributed by atoms with Crippen LogP contribution in [0.5, 0.6) is 0 Å².